The zero-order valence-electron chi connectivity index (χ0n) is 11.3. The molecule has 108 valence electrons. The molecule has 1 aromatic rings. The third-order valence-electron chi connectivity index (χ3n) is 2.80. The van der Waals surface area contributed by atoms with Gasteiger partial charge in [-0.15, -0.1) is 0 Å². The Balaban J connectivity index is 2.90. The average Bonchev–Trinajstić information content (AvgIpc) is 2.65. The molecule has 0 saturated carbocycles. The maximum Gasteiger partial charge on any atom is 0.321 e. The summed E-state index contributed by atoms with van der Waals surface area (Å²) >= 11 is 0. The van der Waals surface area contributed by atoms with Gasteiger partial charge in [-0.2, -0.15) is 4.72 Å². The van der Waals surface area contributed by atoms with Crippen LogP contribution in [0.1, 0.15) is 32.0 Å². The predicted molar refractivity (Wildman–Crippen MR) is 69.2 cm³/mol. The maximum atomic E-state index is 12.0. The van der Waals surface area contributed by atoms with E-state index in [2.05, 4.69) is 9.71 Å². The Bertz CT molecular complexity index is 531. The van der Waals surface area contributed by atoms with E-state index in [-0.39, 0.29) is 11.4 Å². The standard InChI is InChI=1S/C11H19N3O4S/c1-4-5-6-9(11(15)16)13-19(17,18)10-7-14(3)8(2)12-10/h7,9,13H,4-6H2,1-3H3,(H,15,16)/t9-/m0/s1. The molecule has 0 unspecified atom stereocenters. The molecule has 2 N–H and O–H groups in total. The first-order valence-electron chi connectivity index (χ1n) is 6.03. The summed E-state index contributed by atoms with van der Waals surface area (Å²) in [5.41, 5.74) is 0. The SMILES string of the molecule is CCCC[C@H](NS(=O)(=O)c1cn(C)c(C)n1)C(=O)O. The third-order valence-corrected chi connectivity index (χ3v) is 4.15. The summed E-state index contributed by atoms with van der Waals surface area (Å²) in [5, 5.41) is 8.86. The molecule has 1 aromatic heterocycles. The van der Waals surface area contributed by atoms with E-state index in [4.69, 9.17) is 5.11 Å². The van der Waals surface area contributed by atoms with E-state index in [1.165, 1.54) is 6.20 Å². The van der Waals surface area contributed by atoms with Crippen molar-refractivity contribution in [2.24, 2.45) is 7.05 Å². The number of unbranched alkanes of at least 4 members (excludes halogenated alkanes) is 1. The Labute approximate surface area is 112 Å². The van der Waals surface area contributed by atoms with E-state index in [1.807, 2.05) is 6.92 Å². The minimum absolute atomic E-state index is 0.157. The van der Waals surface area contributed by atoms with Crippen molar-refractivity contribution in [2.45, 2.75) is 44.2 Å². The van der Waals surface area contributed by atoms with Crippen LogP contribution in [0.5, 0.6) is 0 Å². The molecule has 7 nitrogen and oxygen atoms in total. The molecular weight excluding hydrogens is 270 g/mol. The highest BCUT2D eigenvalue weighted by atomic mass is 32.2. The van der Waals surface area contributed by atoms with E-state index in [1.54, 1.807) is 18.5 Å². The smallest absolute Gasteiger partial charge is 0.321 e. The first-order valence-corrected chi connectivity index (χ1v) is 7.51. The number of carboxylic acids is 1. The van der Waals surface area contributed by atoms with Crippen molar-refractivity contribution in [1.82, 2.24) is 14.3 Å². The van der Waals surface area contributed by atoms with Crippen LogP contribution in [0.2, 0.25) is 0 Å². The number of rotatable bonds is 7. The Kier molecular flexibility index (Phi) is 5.07. The highest BCUT2D eigenvalue weighted by Gasteiger charge is 2.26. The van der Waals surface area contributed by atoms with Crippen LogP contribution >= 0.6 is 0 Å². The number of nitrogens with zero attached hydrogens (tertiary/aromatic N) is 2. The van der Waals surface area contributed by atoms with Crippen LogP contribution in [-0.4, -0.2) is 35.1 Å². The molecule has 0 radical (unpaired) electrons. The minimum Gasteiger partial charge on any atom is -0.480 e. The predicted octanol–water partition coefficient (Wildman–Crippen LogP) is 0.650. The lowest BCUT2D eigenvalue weighted by molar-refractivity contribution is -0.139. The van der Waals surface area contributed by atoms with Crippen LogP contribution in [0.15, 0.2) is 11.2 Å². The van der Waals surface area contributed by atoms with Gasteiger partial charge in [0.1, 0.15) is 11.9 Å². The van der Waals surface area contributed by atoms with Gasteiger partial charge < -0.3 is 9.67 Å². The van der Waals surface area contributed by atoms with Gasteiger partial charge in [-0.25, -0.2) is 13.4 Å². The molecule has 0 aliphatic rings. The van der Waals surface area contributed by atoms with Crippen LogP contribution in [0.4, 0.5) is 0 Å². The van der Waals surface area contributed by atoms with Crippen molar-refractivity contribution in [3.05, 3.63) is 12.0 Å². The molecule has 1 heterocycles. The summed E-state index contributed by atoms with van der Waals surface area (Å²) in [6, 6.07) is -1.12. The van der Waals surface area contributed by atoms with Gasteiger partial charge in [0.2, 0.25) is 0 Å². The number of aryl methyl sites for hydroxylation is 2. The molecular formula is C11H19N3O4S. The number of aliphatic carboxylic acids is 1. The molecule has 19 heavy (non-hydrogen) atoms. The molecule has 0 spiro atoms. The molecule has 0 aliphatic carbocycles. The number of carboxylic acid groups (broad SMARTS) is 1. The Morgan fingerprint density at radius 2 is 2.21 bits per heavy atom. The van der Waals surface area contributed by atoms with Gasteiger partial charge in [0.25, 0.3) is 10.0 Å². The van der Waals surface area contributed by atoms with Crippen molar-refractivity contribution >= 4 is 16.0 Å². The summed E-state index contributed by atoms with van der Waals surface area (Å²) in [4.78, 5) is 14.9. The van der Waals surface area contributed by atoms with Gasteiger partial charge >= 0.3 is 5.97 Å². The molecule has 0 saturated heterocycles. The molecule has 0 bridgehead atoms. The fourth-order valence-electron chi connectivity index (χ4n) is 1.54. The van der Waals surface area contributed by atoms with Crippen LogP contribution < -0.4 is 4.72 Å². The van der Waals surface area contributed by atoms with Crippen molar-refractivity contribution in [3.8, 4) is 0 Å². The van der Waals surface area contributed by atoms with Crippen molar-refractivity contribution in [2.75, 3.05) is 0 Å². The zero-order chi connectivity index (χ0) is 14.6. The van der Waals surface area contributed by atoms with Gasteiger partial charge in [-0.05, 0) is 13.3 Å². The molecule has 1 atom stereocenters. The second-order valence-corrected chi connectivity index (χ2v) is 6.05. The van der Waals surface area contributed by atoms with Crippen molar-refractivity contribution < 1.29 is 18.3 Å². The number of carbonyl (C=O) groups is 1. The molecule has 0 amide bonds. The highest BCUT2D eigenvalue weighted by Crippen LogP contribution is 2.10. The van der Waals surface area contributed by atoms with Crippen molar-refractivity contribution in [1.29, 1.82) is 0 Å². The monoisotopic (exact) mass is 289 g/mol. The number of aromatic nitrogens is 2. The summed E-state index contributed by atoms with van der Waals surface area (Å²) in [6.07, 6.45) is 3.06. The highest BCUT2D eigenvalue weighted by molar-refractivity contribution is 7.89. The van der Waals surface area contributed by atoms with E-state index in [9.17, 15) is 13.2 Å². The summed E-state index contributed by atoms with van der Waals surface area (Å²) in [6.45, 7) is 3.58. The van der Waals surface area contributed by atoms with Crippen molar-refractivity contribution in [3.63, 3.8) is 0 Å². The first kappa shape index (κ1) is 15.6. The second kappa shape index (κ2) is 6.16. The van der Waals surface area contributed by atoms with E-state index >= 15 is 0 Å². The van der Waals surface area contributed by atoms with Crippen LogP contribution in [0.3, 0.4) is 0 Å². The van der Waals surface area contributed by atoms with Crippen LogP contribution in [-0.2, 0) is 21.9 Å². The fourth-order valence-corrected chi connectivity index (χ4v) is 2.81. The second-order valence-electron chi connectivity index (χ2n) is 4.39. The van der Waals surface area contributed by atoms with Crippen LogP contribution in [0, 0.1) is 6.92 Å². The van der Waals surface area contributed by atoms with Gasteiger partial charge in [-0.1, -0.05) is 19.8 Å². The normalized spacial score (nSPS) is 13.4. The molecule has 0 aromatic carbocycles. The summed E-state index contributed by atoms with van der Waals surface area (Å²) < 4.78 is 27.8. The van der Waals surface area contributed by atoms with E-state index in [0.29, 0.717) is 12.2 Å². The Morgan fingerprint density at radius 1 is 1.58 bits per heavy atom. The molecule has 0 aliphatic heterocycles. The number of hydrogen-bond acceptors (Lipinski definition) is 4. The van der Waals surface area contributed by atoms with Gasteiger partial charge in [0, 0.05) is 13.2 Å². The molecule has 0 fully saturated rings. The largest absolute Gasteiger partial charge is 0.480 e. The molecule has 1 rings (SSSR count). The quantitative estimate of drug-likeness (QED) is 0.767. The maximum absolute atomic E-state index is 12.0. The van der Waals surface area contributed by atoms with Gasteiger partial charge in [0.05, 0.1) is 0 Å². The number of imidazole rings is 1. The topological polar surface area (TPSA) is 101 Å². The van der Waals surface area contributed by atoms with E-state index in [0.717, 1.165) is 6.42 Å². The van der Waals surface area contributed by atoms with Crippen LogP contribution in [0.25, 0.3) is 0 Å². The lowest BCUT2D eigenvalue weighted by Crippen LogP contribution is -2.40. The lowest BCUT2D eigenvalue weighted by Gasteiger charge is -2.12. The minimum atomic E-state index is -3.90. The van der Waals surface area contributed by atoms with E-state index < -0.39 is 22.0 Å². The average molecular weight is 289 g/mol. The zero-order valence-corrected chi connectivity index (χ0v) is 12.1. The number of hydrogen-bond donors (Lipinski definition) is 2. The third kappa shape index (κ3) is 4.03. The molecule has 8 heteroatoms. The Hall–Kier alpha value is -1.41. The lowest BCUT2D eigenvalue weighted by atomic mass is 10.1. The number of sulfonamides is 1. The number of nitrogens with one attached hydrogen (secondary N) is 1. The first-order chi connectivity index (χ1) is 8.77. The van der Waals surface area contributed by atoms with Gasteiger partial charge in [-0.3, -0.25) is 4.79 Å². The summed E-state index contributed by atoms with van der Waals surface area (Å²) in [5.74, 6) is -0.634. The summed E-state index contributed by atoms with van der Waals surface area (Å²) in [7, 11) is -2.23. The fraction of sp³-hybridized carbons (Fsp3) is 0.636. The Morgan fingerprint density at radius 3 is 2.63 bits per heavy atom. The van der Waals surface area contributed by atoms with Gasteiger partial charge in [0.15, 0.2) is 5.03 Å².